The van der Waals surface area contributed by atoms with Gasteiger partial charge in [0.05, 0.1) is 16.6 Å². The second-order valence-corrected chi connectivity index (χ2v) is 4.14. The highest BCUT2D eigenvalue weighted by Crippen LogP contribution is 2.14. The van der Waals surface area contributed by atoms with E-state index >= 15 is 0 Å². The Hall–Kier alpha value is -1.55. The number of carbonyl (C=O) groups excluding carboxylic acids is 1. The summed E-state index contributed by atoms with van der Waals surface area (Å²) in [6.45, 7) is 0. The molecule has 4 heteroatoms. The summed E-state index contributed by atoms with van der Waals surface area (Å²) in [6, 6.07) is 9.19. The molecule has 0 radical (unpaired) electrons. The van der Waals surface area contributed by atoms with Crippen LogP contribution in [0.4, 0.5) is 0 Å². The minimum Gasteiger partial charge on any atom is -0.294 e. The van der Waals surface area contributed by atoms with Gasteiger partial charge in [-0.05, 0) is 15.9 Å². The number of rotatable bonds is 3. The van der Waals surface area contributed by atoms with E-state index in [1.165, 1.54) is 6.33 Å². The highest BCUT2D eigenvalue weighted by atomic mass is 79.9. The maximum Gasteiger partial charge on any atom is 0.168 e. The third-order valence-electron chi connectivity index (χ3n) is 2.17. The first kappa shape index (κ1) is 11.0. The zero-order valence-electron chi connectivity index (χ0n) is 8.43. The summed E-state index contributed by atoms with van der Waals surface area (Å²) in [5.41, 5.74) is 1.41. The van der Waals surface area contributed by atoms with Crippen LogP contribution in [-0.2, 0) is 6.42 Å². The molecule has 1 aromatic carbocycles. The van der Waals surface area contributed by atoms with Crippen LogP contribution >= 0.6 is 15.9 Å². The number of hydrogen-bond acceptors (Lipinski definition) is 3. The number of hydrogen-bond donors (Lipinski definition) is 0. The first-order valence-electron chi connectivity index (χ1n) is 4.80. The first-order valence-corrected chi connectivity index (χ1v) is 5.59. The van der Waals surface area contributed by atoms with Crippen LogP contribution in [0.15, 0.2) is 47.3 Å². The molecule has 0 atom stereocenters. The topological polar surface area (TPSA) is 42.9 Å². The number of nitrogens with zero attached hydrogens (tertiary/aromatic N) is 2. The Morgan fingerprint density at radius 2 is 2.00 bits per heavy atom. The lowest BCUT2D eigenvalue weighted by Crippen LogP contribution is -2.05. The van der Waals surface area contributed by atoms with Gasteiger partial charge in [-0.2, -0.15) is 0 Å². The maximum absolute atomic E-state index is 11.9. The van der Waals surface area contributed by atoms with Crippen molar-refractivity contribution in [2.24, 2.45) is 0 Å². The number of ketones is 1. The second-order valence-electron chi connectivity index (χ2n) is 3.28. The zero-order chi connectivity index (χ0) is 11.4. The van der Waals surface area contributed by atoms with Gasteiger partial charge in [0.25, 0.3) is 0 Å². The Bertz CT molecular complexity index is 499. The molecule has 0 bridgehead atoms. The maximum atomic E-state index is 11.9. The van der Waals surface area contributed by atoms with Crippen molar-refractivity contribution in [1.29, 1.82) is 0 Å². The first-order chi connectivity index (χ1) is 7.77. The number of Topliss-reactive ketones (excluding diaryl/α,β-unsaturated/α-hetero) is 1. The molecule has 0 aliphatic rings. The van der Waals surface area contributed by atoms with Gasteiger partial charge in [-0.1, -0.05) is 30.3 Å². The van der Waals surface area contributed by atoms with Crippen LogP contribution in [0.5, 0.6) is 0 Å². The molecule has 0 aliphatic heterocycles. The molecule has 0 spiro atoms. The monoisotopic (exact) mass is 276 g/mol. The number of benzene rings is 1. The molecule has 0 N–H and O–H groups in total. The third kappa shape index (κ3) is 2.52. The van der Waals surface area contributed by atoms with E-state index in [1.54, 1.807) is 18.3 Å². The van der Waals surface area contributed by atoms with Gasteiger partial charge in [0.2, 0.25) is 0 Å². The van der Waals surface area contributed by atoms with Crippen molar-refractivity contribution < 1.29 is 4.79 Å². The van der Waals surface area contributed by atoms with Crippen molar-refractivity contribution in [3.63, 3.8) is 0 Å². The van der Waals surface area contributed by atoms with E-state index in [-0.39, 0.29) is 12.2 Å². The summed E-state index contributed by atoms with van der Waals surface area (Å²) in [5.74, 6) is 0.0556. The molecular formula is C12H9BrN2O. The molecule has 16 heavy (non-hydrogen) atoms. The van der Waals surface area contributed by atoms with Crippen LogP contribution in [-0.4, -0.2) is 15.8 Å². The van der Waals surface area contributed by atoms with E-state index in [2.05, 4.69) is 25.9 Å². The number of halogens is 1. The third-order valence-corrected chi connectivity index (χ3v) is 2.83. The largest absolute Gasteiger partial charge is 0.294 e. The van der Waals surface area contributed by atoms with E-state index < -0.39 is 0 Å². The van der Waals surface area contributed by atoms with Crippen LogP contribution in [0.1, 0.15) is 16.1 Å². The highest BCUT2D eigenvalue weighted by Gasteiger charge is 2.09. The van der Waals surface area contributed by atoms with Crippen molar-refractivity contribution in [3.8, 4) is 0 Å². The quantitative estimate of drug-likeness (QED) is 0.810. The van der Waals surface area contributed by atoms with E-state index in [9.17, 15) is 4.79 Å². The molecule has 2 rings (SSSR count). The summed E-state index contributed by atoms with van der Waals surface area (Å²) in [7, 11) is 0. The zero-order valence-corrected chi connectivity index (χ0v) is 10.0. The molecule has 0 fully saturated rings. The summed E-state index contributed by atoms with van der Waals surface area (Å²) < 4.78 is 0.763. The van der Waals surface area contributed by atoms with Gasteiger partial charge in [0.1, 0.15) is 6.33 Å². The van der Waals surface area contributed by atoms with E-state index in [4.69, 9.17) is 0 Å². The smallest absolute Gasteiger partial charge is 0.168 e. The Balaban J connectivity index is 2.18. The molecule has 1 aromatic heterocycles. The fourth-order valence-corrected chi connectivity index (χ4v) is 1.71. The molecule has 3 nitrogen and oxygen atoms in total. The van der Waals surface area contributed by atoms with E-state index in [0.717, 1.165) is 4.47 Å². The molecule has 0 saturated heterocycles. The standard InChI is InChI=1S/C12H9BrN2O/c13-10-7-14-8-15-11(10)6-12(16)9-4-2-1-3-5-9/h1-5,7-8H,6H2. The molecule has 0 aliphatic carbocycles. The summed E-state index contributed by atoms with van der Waals surface area (Å²) >= 11 is 3.32. The molecule has 0 saturated carbocycles. The van der Waals surface area contributed by atoms with E-state index in [0.29, 0.717) is 11.3 Å². The molecule has 80 valence electrons. The van der Waals surface area contributed by atoms with Gasteiger partial charge in [-0.3, -0.25) is 4.79 Å². The van der Waals surface area contributed by atoms with Gasteiger partial charge in [-0.15, -0.1) is 0 Å². The van der Waals surface area contributed by atoms with Crippen molar-refractivity contribution in [1.82, 2.24) is 9.97 Å². The second kappa shape index (κ2) is 4.99. The van der Waals surface area contributed by atoms with Crippen LogP contribution in [0.3, 0.4) is 0 Å². The van der Waals surface area contributed by atoms with Crippen molar-refractivity contribution >= 4 is 21.7 Å². The van der Waals surface area contributed by atoms with Gasteiger partial charge >= 0.3 is 0 Å². The lowest BCUT2D eigenvalue weighted by molar-refractivity contribution is 0.0991. The Kier molecular flexibility index (Phi) is 3.41. The average molecular weight is 277 g/mol. The van der Waals surface area contributed by atoms with Gasteiger partial charge in [0, 0.05) is 11.8 Å². The van der Waals surface area contributed by atoms with Crippen LogP contribution in [0, 0.1) is 0 Å². The predicted molar refractivity (Wildman–Crippen MR) is 64.2 cm³/mol. The molecular weight excluding hydrogens is 268 g/mol. The van der Waals surface area contributed by atoms with Gasteiger partial charge in [-0.25, -0.2) is 9.97 Å². The highest BCUT2D eigenvalue weighted by molar-refractivity contribution is 9.10. The molecule has 2 aromatic rings. The average Bonchev–Trinajstić information content (AvgIpc) is 2.33. The fraction of sp³-hybridized carbons (Fsp3) is 0.0833. The van der Waals surface area contributed by atoms with Crippen LogP contribution < -0.4 is 0 Å². The fourth-order valence-electron chi connectivity index (χ4n) is 1.35. The molecule has 1 heterocycles. The number of aromatic nitrogens is 2. The Morgan fingerprint density at radius 3 is 2.69 bits per heavy atom. The van der Waals surface area contributed by atoms with Crippen LogP contribution in [0.25, 0.3) is 0 Å². The van der Waals surface area contributed by atoms with Crippen LogP contribution in [0.2, 0.25) is 0 Å². The summed E-state index contributed by atoms with van der Waals surface area (Å²) in [4.78, 5) is 19.8. The Morgan fingerprint density at radius 1 is 1.25 bits per heavy atom. The minimum absolute atomic E-state index is 0.0556. The van der Waals surface area contributed by atoms with Crippen molar-refractivity contribution in [3.05, 3.63) is 58.6 Å². The summed E-state index contributed by atoms with van der Waals surface area (Å²) in [5, 5.41) is 0. The Labute approximate surface area is 102 Å². The van der Waals surface area contributed by atoms with E-state index in [1.807, 2.05) is 18.2 Å². The number of carbonyl (C=O) groups is 1. The molecule has 0 amide bonds. The van der Waals surface area contributed by atoms with Crippen molar-refractivity contribution in [2.45, 2.75) is 6.42 Å². The summed E-state index contributed by atoms with van der Waals surface area (Å²) in [6.07, 6.45) is 3.37. The normalized spacial score (nSPS) is 10.1. The lowest BCUT2D eigenvalue weighted by Gasteiger charge is -2.02. The van der Waals surface area contributed by atoms with Crippen molar-refractivity contribution in [2.75, 3.05) is 0 Å². The lowest BCUT2D eigenvalue weighted by atomic mass is 10.1. The minimum atomic E-state index is 0.0556. The van der Waals surface area contributed by atoms with Gasteiger partial charge in [0.15, 0.2) is 5.78 Å². The van der Waals surface area contributed by atoms with Gasteiger partial charge < -0.3 is 0 Å². The predicted octanol–water partition coefficient (Wildman–Crippen LogP) is 2.66. The SMILES string of the molecule is O=C(Cc1ncncc1Br)c1ccccc1. The molecule has 0 unspecified atom stereocenters.